The summed E-state index contributed by atoms with van der Waals surface area (Å²) in [5.74, 6) is 0.0864. The molecule has 162 valence electrons. The third-order valence-electron chi connectivity index (χ3n) is 5.15. The van der Waals surface area contributed by atoms with Crippen LogP contribution in [0.3, 0.4) is 0 Å². The molecule has 1 saturated heterocycles. The summed E-state index contributed by atoms with van der Waals surface area (Å²) in [6.45, 7) is 4.31. The third kappa shape index (κ3) is 6.83. The van der Waals surface area contributed by atoms with Crippen molar-refractivity contribution in [1.82, 2.24) is 9.80 Å². The summed E-state index contributed by atoms with van der Waals surface area (Å²) in [6.07, 6.45) is 2.14. The average Bonchev–Trinajstić information content (AvgIpc) is 3.39. The number of amides is 2. The van der Waals surface area contributed by atoms with Crippen molar-refractivity contribution in [2.75, 3.05) is 25.6 Å². The van der Waals surface area contributed by atoms with E-state index in [2.05, 4.69) is 19.1 Å². The Bertz CT molecular complexity index is 821. The number of ether oxygens (including phenoxy) is 1. The smallest absolute Gasteiger partial charge is 0.242 e. The van der Waals surface area contributed by atoms with Crippen LogP contribution in [-0.4, -0.2) is 53.3 Å². The molecule has 0 N–H and O–H groups in total. The van der Waals surface area contributed by atoms with Crippen molar-refractivity contribution in [3.8, 4) is 0 Å². The van der Waals surface area contributed by atoms with Gasteiger partial charge in [0, 0.05) is 41.8 Å². The normalized spacial score (nSPS) is 15.9. The number of halogens is 1. The molecule has 2 heterocycles. The highest BCUT2D eigenvalue weighted by Gasteiger charge is 2.26. The van der Waals surface area contributed by atoms with E-state index < -0.39 is 0 Å². The summed E-state index contributed by atoms with van der Waals surface area (Å²) in [5.41, 5.74) is 1.07. The molecular formula is C23H29ClN2O3S. The summed E-state index contributed by atoms with van der Waals surface area (Å²) in [6, 6.07) is 14.1. The molecule has 2 amide bonds. The molecular weight excluding hydrogens is 420 g/mol. The molecule has 0 bridgehead atoms. The monoisotopic (exact) mass is 448 g/mol. The molecule has 30 heavy (non-hydrogen) atoms. The van der Waals surface area contributed by atoms with Gasteiger partial charge in [-0.3, -0.25) is 9.59 Å². The van der Waals surface area contributed by atoms with Crippen LogP contribution in [0.4, 0.5) is 0 Å². The molecule has 2 aromatic rings. The van der Waals surface area contributed by atoms with Gasteiger partial charge in [-0.25, -0.2) is 0 Å². The Balaban J connectivity index is 1.73. The molecule has 0 aliphatic carbocycles. The number of carbonyl (C=O) groups excluding carboxylic acids is 2. The van der Waals surface area contributed by atoms with E-state index in [4.69, 9.17) is 16.3 Å². The lowest BCUT2D eigenvalue weighted by molar-refractivity contribution is -0.142. The van der Waals surface area contributed by atoms with Gasteiger partial charge in [0.15, 0.2) is 0 Å². The Hall–Kier alpha value is -1.89. The Kier molecular flexibility index (Phi) is 8.73. The fraction of sp³-hybridized carbons (Fsp3) is 0.478. The third-order valence-corrected chi connectivity index (χ3v) is 6.32. The summed E-state index contributed by atoms with van der Waals surface area (Å²) in [7, 11) is 0. The maximum absolute atomic E-state index is 13.3. The van der Waals surface area contributed by atoms with E-state index >= 15 is 0 Å². The van der Waals surface area contributed by atoms with Gasteiger partial charge in [-0.15, -0.1) is 22.9 Å². The maximum atomic E-state index is 13.3. The van der Waals surface area contributed by atoms with Crippen LogP contribution >= 0.6 is 22.9 Å². The number of carbonyl (C=O) groups is 2. The van der Waals surface area contributed by atoms with Gasteiger partial charge in [-0.05, 0) is 37.5 Å². The molecule has 1 aromatic heterocycles. The number of benzene rings is 1. The van der Waals surface area contributed by atoms with Crippen molar-refractivity contribution in [3.63, 3.8) is 0 Å². The summed E-state index contributed by atoms with van der Waals surface area (Å²) < 4.78 is 5.70. The predicted molar refractivity (Wildman–Crippen MR) is 121 cm³/mol. The lowest BCUT2D eigenvalue weighted by Crippen LogP contribution is -2.45. The lowest BCUT2D eigenvalue weighted by atomic mass is 10.2. The first-order chi connectivity index (χ1) is 14.5. The minimum absolute atomic E-state index is 0.000376. The highest BCUT2D eigenvalue weighted by molar-refractivity contribution is 7.11. The molecule has 0 saturated carbocycles. The van der Waals surface area contributed by atoms with Crippen LogP contribution in [0.15, 0.2) is 42.5 Å². The molecule has 3 rings (SSSR count). The molecule has 5 nitrogen and oxygen atoms in total. The van der Waals surface area contributed by atoms with Crippen molar-refractivity contribution >= 4 is 34.8 Å². The Morgan fingerprint density at radius 2 is 1.90 bits per heavy atom. The van der Waals surface area contributed by atoms with Crippen molar-refractivity contribution in [1.29, 1.82) is 0 Å². The van der Waals surface area contributed by atoms with Gasteiger partial charge in [-0.1, -0.05) is 30.3 Å². The zero-order chi connectivity index (χ0) is 21.3. The molecule has 1 unspecified atom stereocenters. The van der Waals surface area contributed by atoms with E-state index in [1.54, 1.807) is 16.2 Å². The molecule has 1 aliphatic rings. The second-order valence-corrected chi connectivity index (χ2v) is 9.35. The standard InChI is InChI=1S/C23H29ClN2O3S/c1-18-9-10-21(30-18)16-25(14-19-6-3-2-4-7-19)23(28)17-26(22(27)11-12-24)15-20-8-5-13-29-20/h2-4,6-7,9-10,20H,5,8,11-17H2,1H3. The zero-order valence-electron chi connectivity index (χ0n) is 17.4. The predicted octanol–water partition coefficient (Wildman–Crippen LogP) is 4.22. The molecule has 1 atom stereocenters. The SMILES string of the molecule is Cc1ccc(CN(Cc2ccccc2)C(=O)CN(CC2CCCO2)C(=O)CCCl)s1. The number of aryl methyl sites for hydroxylation is 1. The lowest BCUT2D eigenvalue weighted by Gasteiger charge is -2.29. The van der Waals surface area contributed by atoms with E-state index in [0.29, 0.717) is 26.2 Å². The van der Waals surface area contributed by atoms with E-state index in [9.17, 15) is 9.59 Å². The summed E-state index contributed by atoms with van der Waals surface area (Å²) in [4.78, 5) is 31.7. The van der Waals surface area contributed by atoms with Crippen molar-refractivity contribution < 1.29 is 14.3 Å². The van der Waals surface area contributed by atoms with E-state index in [-0.39, 0.29) is 36.8 Å². The zero-order valence-corrected chi connectivity index (χ0v) is 19.0. The van der Waals surface area contributed by atoms with E-state index in [1.807, 2.05) is 35.2 Å². The van der Waals surface area contributed by atoms with Crippen molar-refractivity contribution in [2.45, 2.75) is 45.4 Å². The van der Waals surface area contributed by atoms with Gasteiger partial charge in [0.1, 0.15) is 0 Å². The summed E-state index contributed by atoms with van der Waals surface area (Å²) >= 11 is 7.49. The first-order valence-corrected chi connectivity index (χ1v) is 11.7. The molecule has 1 fully saturated rings. The van der Waals surface area contributed by atoms with Gasteiger partial charge in [0.25, 0.3) is 0 Å². The maximum Gasteiger partial charge on any atom is 0.242 e. The van der Waals surface area contributed by atoms with Gasteiger partial charge in [-0.2, -0.15) is 0 Å². The van der Waals surface area contributed by atoms with Crippen molar-refractivity contribution in [2.24, 2.45) is 0 Å². The molecule has 7 heteroatoms. The number of nitrogens with zero attached hydrogens (tertiary/aromatic N) is 2. The quantitative estimate of drug-likeness (QED) is 0.511. The highest BCUT2D eigenvalue weighted by Crippen LogP contribution is 2.20. The number of thiophene rings is 1. The molecule has 0 radical (unpaired) electrons. The molecule has 1 aromatic carbocycles. The van der Waals surface area contributed by atoms with Gasteiger partial charge in [0.2, 0.25) is 11.8 Å². The Morgan fingerprint density at radius 3 is 2.53 bits per heavy atom. The Labute approximate surface area is 187 Å². The van der Waals surface area contributed by atoms with Crippen molar-refractivity contribution in [3.05, 3.63) is 57.8 Å². The minimum Gasteiger partial charge on any atom is -0.376 e. The molecule has 1 aliphatic heterocycles. The van der Waals surface area contributed by atoms with E-state index in [0.717, 1.165) is 23.3 Å². The second kappa shape index (κ2) is 11.5. The van der Waals surface area contributed by atoms with Crippen LogP contribution in [0.2, 0.25) is 0 Å². The van der Waals surface area contributed by atoms with Crippen LogP contribution in [0, 0.1) is 6.92 Å². The van der Waals surface area contributed by atoms with Gasteiger partial charge < -0.3 is 14.5 Å². The number of alkyl halides is 1. The van der Waals surface area contributed by atoms with Crippen LogP contribution in [0.25, 0.3) is 0 Å². The summed E-state index contributed by atoms with van der Waals surface area (Å²) in [5, 5.41) is 0. The number of rotatable bonds is 10. The largest absolute Gasteiger partial charge is 0.376 e. The number of hydrogen-bond acceptors (Lipinski definition) is 4. The first-order valence-electron chi connectivity index (χ1n) is 10.4. The minimum atomic E-state index is -0.0968. The fourth-order valence-corrected chi connectivity index (χ4v) is 4.65. The number of hydrogen-bond donors (Lipinski definition) is 0. The van der Waals surface area contributed by atoms with Crippen LogP contribution in [-0.2, 0) is 27.4 Å². The topological polar surface area (TPSA) is 49.9 Å². The highest BCUT2D eigenvalue weighted by atomic mass is 35.5. The first kappa shape index (κ1) is 22.8. The van der Waals surface area contributed by atoms with Crippen LogP contribution in [0.5, 0.6) is 0 Å². The fourth-order valence-electron chi connectivity index (χ4n) is 3.59. The molecule has 0 spiro atoms. The Morgan fingerprint density at radius 1 is 1.10 bits per heavy atom. The van der Waals surface area contributed by atoms with E-state index in [1.165, 1.54) is 4.88 Å². The van der Waals surface area contributed by atoms with Crippen LogP contribution < -0.4 is 0 Å². The van der Waals surface area contributed by atoms with Gasteiger partial charge in [0.05, 0.1) is 19.2 Å². The van der Waals surface area contributed by atoms with Gasteiger partial charge >= 0.3 is 0 Å². The van der Waals surface area contributed by atoms with Crippen LogP contribution in [0.1, 0.15) is 34.6 Å². The second-order valence-electron chi connectivity index (χ2n) is 7.60. The average molecular weight is 449 g/mol.